The smallest absolute Gasteiger partial charge is 0.255 e. The van der Waals surface area contributed by atoms with E-state index in [0.717, 1.165) is 87.0 Å². The fourth-order valence-corrected chi connectivity index (χ4v) is 9.64. The number of fused-ring (bicyclic) bond motifs is 2. The minimum absolute atomic E-state index is 0.00883. The summed E-state index contributed by atoms with van der Waals surface area (Å²) in [6.07, 6.45) is 18.8. The lowest BCUT2D eigenvalue weighted by Crippen LogP contribution is -2.52. The molecule has 0 spiro atoms. The highest BCUT2D eigenvalue weighted by atomic mass is 16.5. The lowest BCUT2D eigenvalue weighted by atomic mass is 9.79. The molecule has 6 heterocycles. The third-order valence-corrected chi connectivity index (χ3v) is 13.8. The standard InChI is InChI=1S/C48H58N10O5/c1-4-28(2)9-5-6-10-29(3)39-42(55-63-43(39)31-11-12-31)41-40-44(49)51-27-52-45(40)58(54-41)35-23-34(24-35)46(60)50-19-7-8-20-56-21-17-30(18-22-56)32-13-14-33-26-57(48(62)36(33)25-32)37-15-16-38(59)53-47(37)61/h5-6,9-10,13-14,25,27,30-31,34-35,37H,4,7-8,11-12,15-24,26H2,1-3H3,(H,50,60)(H2,49,51,52)(H,53,59,61)/b6-5-,28-9+,29-10+. The van der Waals surface area contributed by atoms with Crippen LogP contribution in [-0.2, 0) is 20.9 Å². The molecule has 15 nitrogen and oxygen atoms in total. The van der Waals surface area contributed by atoms with Crippen LogP contribution in [0.2, 0.25) is 0 Å². The van der Waals surface area contributed by atoms with E-state index >= 15 is 0 Å². The molecule has 4 aromatic rings. The third kappa shape index (κ3) is 8.71. The summed E-state index contributed by atoms with van der Waals surface area (Å²) in [6.45, 7) is 10.3. The SMILES string of the molecule is CC/C(C)=C/C=C\C=C(/C)c1c(-c2nn(C3CC(C(=O)NCCCCN4CCC(c5ccc6c(c5)C(=O)N(C5CCC(=O)NC5=O)C6)CC4)C3)c3ncnc(N)c23)noc1C1CC1. The summed E-state index contributed by atoms with van der Waals surface area (Å²) in [6, 6.07) is 5.59. The van der Waals surface area contributed by atoms with Crippen molar-refractivity contribution < 1.29 is 23.7 Å². The van der Waals surface area contributed by atoms with Crippen molar-refractivity contribution >= 4 is 46.1 Å². The molecule has 4 amide bonds. The summed E-state index contributed by atoms with van der Waals surface area (Å²) in [5, 5.41) is 15.9. The molecule has 3 aromatic heterocycles. The van der Waals surface area contributed by atoms with Gasteiger partial charge in [0.25, 0.3) is 5.91 Å². The van der Waals surface area contributed by atoms with E-state index in [0.29, 0.717) is 78.0 Å². The van der Waals surface area contributed by atoms with Crippen LogP contribution in [0.1, 0.15) is 142 Å². The molecule has 4 N–H and O–H groups in total. The predicted octanol–water partition coefficient (Wildman–Crippen LogP) is 6.74. The summed E-state index contributed by atoms with van der Waals surface area (Å²) in [5.41, 5.74) is 14.5. The molecule has 2 saturated heterocycles. The summed E-state index contributed by atoms with van der Waals surface area (Å²) in [5.74, 6) is 1.12. The number of carbonyl (C=O) groups excluding carboxylic acids is 4. The highest BCUT2D eigenvalue weighted by Crippen LogP contribution is 2.48. The number of anilines is 1. The van der Waals surface area contributed by atoms with Crippen LogP contribution in [0.5, 0.6) is 0 Å². The van der Waals surface area contributed by atoms with E-state index < -0.39 is 6.04 Å². The van der Waals surface area contributed by atoms with Gasteiger partial charge in [0.2, 0.25) is 17.7 Å². The zero-order valence-corrected chi connectivity index (χ0v) is 36.6. The van der Waals surface area contributed by atoms with E-state index in [-0.39, 0.29) is 42.0 Å². The maximum absolute atomic E-state index is 13.4. The van der Waals surface area contributed by atoms with Gasteiger partial charge in [0.15, 0.2) is 5.65 Å². The third-order valence-electron chi connectivity index (χ3n) is 13.8. The first-order valence-corrected chi connectivity index (χ1v) is 22.8. The number of carbonyl (C=O) groups is 4. The zero-order valence-electron chi connectivity index (χ0n) is 36.6. The number of piperidine rings is 2. The maximum atomic E-state index is 13.4. The molecular weight excluding hydrogens is 797 g/mol. The second-order valence-corrected chi connectivity index (χ2v) is 18.1. The number of likely N-dealkylation sites (tertiary alicyclic amines) is 1. The Hall–Kier alpha value is -5.96. The number of benzene rings is 1. The number of nitrogens with two attached hydrogens (primary N) is 1. The van der Waals surface area contributed by atoms with E-state index in [1.54, 1.807) is 4.90 Å². The van der Waals surface area contributed by atoms with Crippen molar-refractivity contribution in [3.63, 3.8) is 0 Å². The number of nitrogen functional groups attached to an aromatic ring is 1. The Balaban J connectivity index is 0.747. The molecule has 5 aliphatic rings. The number of allylic oxidation sites excluding steroid dienone is 6. The lowest BCUT2D eigenvalue weighted by Gasteiger charge is -2.34. The van der Waals surface area contributed by atoms with Crippen LogP contribution in [0.25, 0.3) is 28.0 Å². The van der Waals surface area contributed by atoms with Gasteiger partial charge in [-0.05, 0) is 126 Å². The van der Waals surface area contributed by atoms with Gasteiger partial charge in [-0.15, -0.1) is 0 Å². The van der Waals surface area contributed by atoms with E-state index in [1.807, 2.05) is 22.9 Å². The molecule has 2 saturated carbocycles. The number of nitrogens with one attached hydrogen (secondary N) is 2. The quantitative estimate of drug-likeness (QED) is 0.0651. The number of unbranched alkanes of at least 4 members (excludes halogenated alkanes) is 1. The van der Waals surface area contributed by atoms with Crippen molar-refractivity contribution in [2.24, 2.45) is 5.92 Å². The fraction of sp³-hybridized carbons (Fsp3) is 0.500. The van der Waals surface area contributed by atoms with Gasteiger partial charge in [-0.1, -0.05) is 54.1 Å². The van der Waals surface area contributed by atoms with Crippen molar-refractivity contribution in [2.75, 3.05) is 31.9 Å². The van der Waals surface area contributed by atoms with E-state index in [4.69, 9.17) is 15.4 Å². The van der Waals surface area contributed by atoms with Gasteiger partial charge in [-0.3, -0.25) is 24.5 Å². The molecule has 2 aliphatic carbocycles. The molecule has 9 rings (SSSR count). The number of hydrogen-bond donors (Lipinski definition) is 3. The minimum atomic E-state index is -0.600. The molecule has 4 fully saturated rings. The second-order valence-electron chi connectivity index (χ2n) is 18.1. The average molecular weight is 855 g/mol. The first-order valence-electron chi connectivity index (χ1n) is 22.8. The Morgan fingerprint density at radius 3 is 2.54 bits per heavy atom. The van der Waals surface area contributed by atoms with E-state index in [9.17, 15) is 19.2 Å². The summed E-state index contributed by atoms with van der Waals surface area (Å²) < 4.78 is 7.92. The summed E-state index contributed by atoms with van der Waals surface area (Å²) in [7, 11) is 0. The first kappa shape index (κ1) is 42.3. The van der Waals surface area contributed by atoms with Crippen molar-refractivity contribution in [1.29, 1.82) is 0 Å². The Morgan fingerprint density at radius 1 is 0.984 bits per heavy atom. The number of rotatable bonds is 15. The molecule has 63 heavy (non-hydrogen) atoms. The summed E-state index contributed by atoms with van der Waals surface area (Å²) in [4.78, 5) is 63.8. The van der Waals surface area contributed by atoms with Gasteiger partial charge in [0, 0.05) is 36.9 Å². The van der Waals surface area contributed by atoms with Crippen LogP contribution in [0, 0.1) is 5.92 Å². The molecule has 1 unspecified atom stereocenters. The van der Waals surface area contributed by atoms with Gasteiger partial charge >= 0.3 is 0 Å². The first-order chi connectivity index (χ1) is 30.6. The van der Waals surface area contributed by atoms with Gasteiger partial charge in [-0.2, -0.15) is 5.10 Å². The van der Waals surface area contributed by atoms with Gasteiger partial charge < -0.3 is 25.4 Å². The number of imide groups is 1. The molecule has 15 heteroatoms. The van der Waals surface area contributed by atoms with E-state index in [1.165, 1.54) is 17.5 Å². The fourth-order valence-electron chi connectivity index (χ4n) is 9.64. The highest BCUT2D eigenvalue weighted by molar-refractivity contribution is 6.05. The predicted molar refractivity (Wildman–Crippen MR) is 239 cm³/mol. The number of hydrogen-bond acceptors (Lipinski definition) is 11. The Kier molecular flexibility index (Phi) is 12.1. The van der Waals surface area contributed by atoms with Gasteiger partial charge in [-0.25, -0.2) is 14.6 Å². The van der Waals surface area contributed by atoms with Crippen molar-refractivity contribution in [3.05, 3.63) is 82.4 Å². The van der Waals surface area contributed by atoms with Crippen LogP contribution >= 0.6 is 0 Å². The largest absolute Gasteiger partial charge is 0.383 e. The molecule has 330 valence electrons. The second kappa shape index (κ2) is 18.0. The Morgan fingerprint density at radius 2 is 1.78 bits per heavy atom. The summed E-state index contributed by atoms with van der Waals surface area (Å²) >= 11 is 0. The van der Waals surface area contributed by atoms with Gasteiger partial charge in [0.1, 0.15) is 35.3 Å². The molecule has 0 radical (unpaired) electrons. The van der Waals surface area contributed by atoms with Crippen LogP contribution in [0.4, 0.5) is 5.82 Å². The van der Waals surface area contributed by atoms with Crippen LogP contribution < -0.4 is 16.4 Å². The van der Waals surface area contributed by atoms with Crippen molar-refractivity contribution in [1.82, 2.24) is 45.3 Å². The Bertz CT molecular complexity index is 2520. The molecule has 1 atom stereocenters. The van der Waals surface area contributed by atoms with Crippen LogP contribution in [-0.4, -0.2) is 90.6 Å². The highest BCUT2D eigenvalue weighted by Gasteiger charge is 2.41. The number of aromatic nitrogens is 5. The maximum Gasteiger partial charge on any atom is 0.255 e. The topological polar surface area (TPSA) is 194 Å². The molecule has 1 aromatic carbocycles. The Labute approximate surface area is 367 Å². The minimum Gasteiger partial charge on any atom is -0.383 e. The van der Waals surface area contributed by atoms with E-state index in [2.05, 4.69) is 75.7 Å². The zero-order chi connectivity index (χ0) is 43.8. The number of amides is 4. The average Bonchev–Trinajstić information content (AvgIpc) is 3.77. The monoisotopic (exact) mass is 854 g/mol. The van der Waals surface area contributed by atoms with Crippen LogP contribution in [0.3, 0.4) is 0 Å². The number of nitrogens with zero attached hydrogens (tertiary/aromatic N) is 7. The lowest BCUT2D eigenvalue weighted by molar-refractivity contribution is -0.137. The molecular formula is C48H58N10O5. The molecule has 3 aliphatic heterocycles. The van der Waals surface area contributed by atoms with Crippen LogP contribution in [0.15, 0.2) is 58.9 Å². The molecule has 0 bridgehead atoms. The van der Waals surface area contributed by atoms with Gasteiger partial charge in [0.05, 0.1) is 17.0 Å². The van der Waals surface area contributed by atoms with Crippen molar-refractivity contribution in [3.8, 4) is 11.4 Å². The normalized spacial score (nSPS) is 22.6. The van der Waals surface area contributed by atoms with Crippen molar-refractivity contribution in [2.45, 2.75) is 122 Å².